The molecule has 0 atom stereocenters. The molecule has 1 fully saturated rings. The Kier molecular flexibility index (Phi) is 8.38. The molecule has 1 aromatic rings. The van der Waals surface area contributed by atoms with Gasteiger partial charge in [-0.1, -0.05) is 56.1 Å². The Morgan fingerprint density at radius 2 is 1.85 bits per heavy atom. The second kappa shape index (κ2) is 10.5. The summed E-state index contributed by atoms with van der Waals surface area (Å²) in [7, 11) is 0. The highest BCUT2D eigenvalue weighted by Crippen LogP contribution is 2.33. The van der Waals surface area contributed by atoms with Crippen LogP contribution in [0.4, 0.5) is 0 Å². The molecule has 1 amide bonds. The number of aliphatic carboxylic acids is 1. The molecule has 2 rings (SSSR count). The van der Waals surface area contributed by atoms with E-state index in [1.807, 2.05) is 19.1 Å². The molecular formula is C19H25NO4S2. The summed E-state index contributed by atoms with van der Waals surface area (Å²) in [6, 6.07) is 3.71. The third-order valence-corrected chi connectivity index (χ3v) is 5.56. The lowest BCUT2D eigenvalue weighted by atomic mass is 10.1. The van der Waals surface area contributed by atoms with E-state index in [2.05, 4.69) is 0 Å². The van der Waals surface area contributed by atoms with Crippen LogP contribution in [-0.4, -0.2) is 32.7 Å². The minimum Gasteiger partial charge on any atom is -0.481 e. The van der Waals surface area contributed by atoms with Crippen molar-refractivity contribution >= 4 is 46.3 Å². The lowest BCUT2D eigenvalue weighted by Crippen LogP contribution is -2.29. The normalized spacial score (nSPS) is 16.0. The van der Waals surface area contributed by atoms with Crippen LogP contribution >= 0.6 is 24.0 Å². The maximum Gasteiger partial charge on any atom is 0.303 e. The van der Waals surface area contributed by atoms with E-state index >= 15 is 0 Å². The smallest absolute Gasteiger partial charge is 0.303 e. The summed E-state index contributed by atoms with van der Waals surface area (Å²) in [4.78, 5) is 25.2. The first-order valence-electron chi connectivity index (χ1n) is 9.01. The quantitative estimate of drug-likeness (QED) is 0.323. The number of thiocarbonyl (C=S) groups is 1. The molecule has 142 valence electrons. The molecule has 0 unspecified atom stereocenters. The van der Waals surface area contributed by atoms with E-state index in [1.165, 1.54) is 11.8 Å². The van der Waals surface area contributed by atoms with Crippen LogP contribution in [0.15, 0.2) is 21.5 Å². The van der Waals surface area contributed by atoms with Crippen molar-refractivity contribution in [3.05, 3.63) is 28.6 Å². The summed E-state index contributed by atoms with van der Waals surface area (Å²) in [5.41, 5.74) is 0. The van der Waals surface area contributed by atoms with Gasteiger partial charge in [0.2, 0.25) is 0 Å². The molecule has 0 aliphatic carbocycles. The number of amides is 1. The van der Waals surface area contributed by atoms with Crippen LogP contribution in [0.5, 0.6) is 0 Å². The van der Waals surface area contributed by atoms with Crippen molar-refractivity contribution in [1.82, 2.24) is 4.90 Å². The molecule has 5 nitrogen and oxygen atoms in total. The fourth-order valence-electron chi connectivity index (χ4n) is 2.78. The highest BCUT2D eigenvalue weighted by molar-refractivity contribution is 8.26. The largest absolute Gasteiger partial charge is 0.481 e. The second-order valence-corrected chi connectivity index (χ2v) is 8.08. The molecule has 1 aliphatic rings. The number of hydrogen-bond donors (Lipinski definition) is 1. The fraction of sp³-hybridized carbons (Fsp3) is 0.526. The van der Waals surface area contributed by atoms with Crippen molar-refractivity contribution in [3.8, 4) is 0 Å². The molecule has 1 aromatic heterocycles. The van der Waals surface area contributed by atoms with E-state index in [4.69, 9.17) is 21.7 Å². The molecule has 0 saturated carbocycles. The zero-order valence-corrected chi connectivity index (χ0v) is 16.7. The van der Waals surface area contributed by atoms with Gasteiger partial charge in [0.05, 0.1) is 4.91 Å². The highest BCUT2D eigenvalue weighted by atomic mass is 32.2. The summed E-state index contributed by atoms with van der Waals surface area (Å²) >= 11 is 6.66. The number of carbonyl (C=O) groups excluding carboxylic acids is 1. The number of rotatable bonds is 11. The minimum atomic E-state index is -0.718. The van der Waals surface area contributed by atoms with Crippen molar-refractivity contribution < 1.29 is 19.1 Å². The van der Waals surface area contributed by atoms with Crippen molar-refractivity contribution in [1.29, 1.82) is 0 Å². The van der Waals surface area contributed by atoms with E-state index in [9.17, 15) is 9.59 Å². The van der Waals surface area contributed by atoms with Crippen LogP contribution in [0, 0.1) is 6.92 Å². The van der Waals surface area contributed by atoms with E-state index in [0.29, 0.717) is 21.5 Å². The lowest BCUT2D eigenvalue weighted by Gasteiger charge is -2.13. The molecule has 0 aromatic carbocycles. The van der Waals surface area contributed by atoms with Gasteiger partial charge in [0, 0.05) is 19.0 Å². The van der Waals surface area contributed by atoms with Crippen LogP contribution in [0.1, 0.15) is 62.9 Å². The Balaban J connectivity index is 1.65. The molecule has 7 heteroatoms. The van der Waals surface area contributed by atoms with E-state index in [0.717, 1.165) is 50.7 Å². The molecule has 2 heterocycles. The van der Waals surface area contributed by atoms with Gasteiger partial charge in [0.25, 0.3) is 5.91 Å². The van der Waals surface area contributed by atoms with Gasteiger partial charge in [-0.3, -0.25) is 14.5 Å². The van der Waals surface area contributed by atoms with E-state index in [-0.39, 0.29) is 12.3 Å². The minimum absolute atomic E-state index is 0.0391. The zero-order chi connectivity index (χ0) is 18.9. The topological polar surface area (TPSA) is 70.8 Å². The first-order valence-corrected chi connectivity index (χ1v) is 10.2. The molecule has 0 bridgehead atoms. The number of carboxylic acids is 1. The molecule has 0 radical (unpaired) electrons. The fourth-order valence-corrected chi connectivity index (χ4v) is 4.07. The third-order valence-electron chi connectivity index (χ3n) is 4.18. The first-order chi connectivity index (χ1) is 12.5. The van der Waals surface area contributed by atoms with Crippen molar-refractivity contribution in [2.75, 3.05) is 6.54 Å². The van der Waals surface area contributed by atoms with Gasteiger partial charge in [0.15, 0.2) is 0 Å². The third kappa shape index (κ3) is 6.61. The van der Waals surface area contributed by atoms with Gasteiger partial charge in [-0.2, -0.15) is 0 Å². The first kappa shape index (κ1) is 20.7. The SMILES string of the molecule is Cc1ccc(/C=C2\SC(=S)N(CCCCCCCCCC(=O)O)C2=O)o1. The van der Waals surface area contributed by atoms with Crippen LogP contribution < -0.4 is 0 Å². The van der Waals surface area contributed by atoms with E-state index < -0.39 is 5.97 Å². The van der Waals surface area contributed by atoms with Gasteiger partial charge in [-0.15, -0.1) is 0 Å². The van der Waals surface area contributed by atoms with Crippen LogP contribution in [-0.2, 0) is 9.59 Å². The molecule has 26 heavy (non-hydrogen) atoms. The molecule has 1 saturated heterocycles. The van der Waals surface area contributed by atoms with Gasteiger partial charge < -0.3 is 9.52 Å². The predicted molar refractivity (Wildman–Crippen MR) is 108 cm³/mol. The van der Waals surface area contributed by atoms with Gasteiger partial charge in [-0.25, -0.2) is 0 Å². The van der Waals surface area contributed by atoms with Crippen LogP contribution in [0.3, 0.4) is 0 Å². The van der Waals surface area contributed by atoms with Gasteiger partial charge in [-0.05, 0) is 31.9 Å². The number of carboxylic acid groups (broad SMARTS) is 1. The maximum atomic E-state index is 12.5. The molecular weight excluding hydrogens is 370 g/mol. The predicted octanol–water partition coefficient (Wildman–Crippen LogP) is 4.99. The van der Waals surface area contributed by atoms with Crippen molar-refractivity contribution in [3.63, 3.8) is 0 Å². The molecule has 1 N–H and O–H groups in total. The summed E-state index contributed by atoms with van der Waals surface area (Å²) in [6.45, 7) is 2.52. The summed E-state index contributed by atoms with van der Waals surface area (Å²) in [6.07, 6.45) is 8.99. The van der Waals surface area contributed by atoms with Crippen molar-refractivity contribution in [2.45, 2.75) is 58.3 Å². The Bertz CT molecular complexity index is 681. The number of thioether (sulfide) groups is 1. The monoisotopic (exact) mass is 395 g/mol. The number of carbonyl (C=O) groups is 2. The Hall–Kier alpha value is -1.60. The number of furan rings is 1. The number of aryl methyl sites for hydroxylation is 1. The van der Waals surface area contributed by atoms with Crippen LogP contribution in [0.25, 0.3) is 6.08 Å². The maximum absolute atomic E-state index is 12.5. The zero-order valence-electron chi connectivity index (χ0n) is 15.0. The molecule has 1 aliphatic heterocycles. The highest BCUT2D eigenvalue weighted by Gasteiger charge is 2.31. The summed E-state index contributed by atoms with van der Waals surface area (Å²) in [5, 5.41) is 8.58. The van der Waals surface area contributed by atoms with Gasteiger partial charge >= 0.3 is 5.97 Å². The lowest BCUT2D eigenvalue weighted by molar-refractivity contribution is -0.137. The number of hydrogen-bond acceptors (Lipinski definition) is 5. The Labute approximate surface area is 163 Å². The van der Waals surface area contributed by atoms with Crippen molar-refractivity contribution in [2.24, 2.45) is 0 Å². The Morgan fingerprint density at radius 3 is 2.46 bits per heavy atom. The number of nitrogens with zero attached hydrogens (tertiary/aromatic N) is 1. The molecule has 0 spiro atoms. The van der Waals surface area contributed by atoms with Crippen LogP contribution in [0.2, 0.25) is 0 Å². The standard InChI is InChI=1S/C19H25NO4S2/c1-14-10-11-15(24-14)13-16-18(23)20(19(25)26-16)12-8-6-4-2-3-5-7-9-17(21)22/h10-11,13H,2-9,12H2,1H3,(H,21,22)/b16-13-. The Morgan fingerprint density at radius 1 is 1.19 bits per heavy atom. The average Bonchev–Trinajstić information content (AvgIpc) is 3.10. The average molecular weight is 396 g/mol. The summed E-state index contributed by atoms with van der Waals surface area (Å²) < 4.78 is 6.10. The summed E-state index contributed by atoms with van der Waals surface area (Å²) in [5.74, 6) is 0.730. The van der Waals surface area contributed by atoms with E-state index in [1.54, 1.807) is 11.0 Å². The number of unbranched alkanes of at least 4 members (excludes halogenated alkanes) is 6. The van der Waals surface area contributed by atoms with Gasteiger partial charge in [0.1, 0.15) is 15.8 Å². The second-order valence-electron chi connectivity index (χ2n) is 6.40.